The van der Waals surface area contributed by atoms with Crippen LogP contribution in [0.1, 0.15) is 63.6 Å². The average molecular weight is 612 g/mol. The number of aromatic nitrogens is 2. The molecule has 0 aliphatic carbocycles. The summed E-state index contributed by atoms with van der Waals surface area (Å²) in [6.45, 7) is 11.7. The number of aryl methyl sites for hydroxylation is 1. The SMILES string of the molecule is Cc1nc(CN2CCC(c3cccc4c3O[C@@H](c3ccc(Cl)cc3F)C=C4)CC2)n(COCC[Si](C)(C)C)c1C(=O)O. The summed E-state index contributed by atoms with van der Waals surface area (Å²) in [7, 11) is -1.25. The molecule has 1 atom stereocenters. The van der Waals surface area contributed by atoms with E-state index < -0.39 is 20.1 Å². The quantitative estimate of drug-likeness (QED) is 0.189. The Bertz CT molecular complexity index is 1480. The highest BCUT2D eigenvalue weighted by Crippen LogP contribution is 2.42. The lowest BCUT2D eigenvalue weighted by Crippen LogP contribution is -2.34. The van der Waals surface area contributed by atoms with Gasteiger partial charge in [0.2, 0.25) is 0 Å². The predicted molar refractivity (Wildman–Crippen MR) is 166 cm³/mol. The molecule has 1 fully saturated rings. The molecule has 7 nitrogen and oxygen atoms in total. The number of aromatic carboxylic acids is 1. The Hall–Kier alpha value is -2.98. The molecule has 1 N–H and O–H groups in total. The Morgan fingerprint density at radius 3 is 2.64 bits per heavy atom. The Labute approximate surface area is 252 Å². The van der Waals surface area contributed by atoms with Crippen molar-refractivity contribution in [3.8, 4) is 5.75 Å². The molecular formula is C32H39ClFN3O4Si. The molecule has 0 amide bonds. The molecule has 42 heavy (non-hydrogen) atoms. The zero-order valence-electron chi connectivity index (χ0n) is 24.7. The number of carboxylic acid groups (broad SMARTS) is 1. The summed E-state index contributed by atoms with van der Waals surface area (Å²) >= 11 is 5.96. The van der Waals surface area contributed by atoms with Gasteiger partial charge in [0.05, 0.1) is 12.2 Å². The summed E-state index contributed by atoms with van der Waals surface area (Å²) in [6, 6.07) is 11.9. The lowest BCUT2D eigenvalue weighted by Gasteiger charge is -2.34. The van der Waals surface area contributed by atoms with Crippen molar-refractivity contribution in [2.75, 3.05) is 19.7 Å². The van der Waals surface area contributed by atoms with Gasteiger partial charge in [0, 0.05) is 30.8 Å². The maximum absolute atomic E-state index is 14.7. The molecular weight excluding hydrogens is 573 g/mol. The Morgan fingerprint density at radius 1 is 1.19 bits per heavy atom. The van der Waals surface area contributed by atoms with Crippen LogP contribution in [0.25, 0.3) is 6.08 Å². The summed E-state index contributed by atoms with van der Waals surface area (Å²) < 4.78 is 28.7. The molecule has 2 aliphatic rings. The van der Waals surface area contributed by atoms with Crippen molar-refractivity contribution in [2.24, 2.45) is 0 Å². The van der Waals surface area contributed by atoms with E-state index >= 15 is 0 Å². The lowest BCUT2D eigenvalue weighted by atomic mass is 9.87. The third-order valence-corrected chi connectivity index (χ3v) is 10.0. The number of halogens is 2. The van der Waals surface area contributed by atoms with Crippen molar-refractivity contribution in [1.29, 1.82) is 0 Å². The first-order chi connectivity index (χ1) is 20.0. The van der Waals surface area contributed by atoms with Gasteiger partial charge < -0.3 is 14.6 Å². The molecule has 3 heterocycles. The van der Waals surface area contributed by atoms with Gasteiger partial charge in [-0.25, -0.2) is 14.2 Å². The van der Waals surface area contributed by atoms with Crippen molar-refractivity contribution >= 4 is 31.7 Å². The van der Waals surface area contributed by atoms with Crippen molar-refractivity contribution in [1.82, 2.24) is 14.5 Å². The van der Waals surface area contributed by atoms with E-state index in [-0.39, 0.29) is 18.2 Å². The van der Waals surface area contributed by atoms with Gasteiger partial charge in [0.25, 0.3) is 0 Å². The first-order valence-corrected chi connectivity index (χ1v) is 18.6. The second kappa shape index (κ2) is 12.7. The topological polar surface area (TPSA) is 76.8 Å². The fourth-order valence-electron chi connectivity index (χ4n) is 5.72. The minimum Gasteiger partial charge on any atom is -0.481 e. The van der Waals surface area contributed by atoms with Crippen LogP contribution in [0.5, 0.6) is 5.75 Å². The van der Waals surface area contributed by atoms with E-state index in [1.807, 2.05) is 24.3 Å². The molecule has 1 aromatic heterocycles. The van der Waals surface area contributed by atoms with Crippen LogP contribution in [0, 0.1) is 12.7 Å². The number of fused-ring (bicyclic) bond motifs is 1. The number of benzene rings is 2. The van der Waals surface area contributed by atoms with E-state index in [4.69, 9.17) is 21.1 Å². The van der Waals surface area contributed by atoms with Crippen LogP contribution in [-0.4, -0.2) is 53.3 Å². The standard InChI is InChI=1S/C32H39ClFN3O4Si/c1-21-30(32(38)39)37(20-40-16-17-42(2,3)4)29(35-21)19-36-14-12-22(13-15-36)25-7-5-6-23-8-11-28(41-31(23)25)26-10-9-24(33)18-27(26)34/h5-11,18,22,28H,12-17,19-20H2,1-4H3,(H,38,39)/t28-/m1/s1. The zero-order valence-corrected chi connectivity index (χ0v) is 26.5. The minimum atomic E-state index is -1.25. The summed E-state index contributed by atoms with van der Waals surface area (Å²) in [5.41, 5.74) is 3.29. The van der Waals surface area contributed by atoms with E-state index in [9.17, 15) is 14.3 Å². The van der Waals surface area contributed by atoms with E-state index in [0.717, 1.165) is 54.7 Å². The Balaban J connectivity index is 1.26. The smallest absolute Gasteiger partial charge is 0.354 e. The second-order valence-corrected chi connectivity index (χ2v) is 18.5. The van der Waals surface area contributed by atoms with Gasteiger partial charge in [-0.15, -0.1) is 0 Å². The summed E-state index contributed by atoms with van der Waals surface area (Å²) in [6.07, 6.45) is 5.20. The normalized spacial score (nSPS) is 17.7. The van der Waals surface area contributed by atoms with E-state index in [2.05, 4.69) is 35.6 Å². The number of imidazole rings is 1. The molecule has 0 unspecified atom stereocenters. The number of hydrogen-bond donors (Lipinski definition) is 1. The molecule has 5 rings (SSSR count). The number of piperidine rings is 1. The van der Waals surface area contributed by atoms with Crippen LogP contribution in [0.15, 0.2) is 42.5 Å². The van der Waals surface area contributed by atoms with Gasteiger partial charge in [0.15, 0.2) is 5.69 Å². The summed E-state index contributed by atoms with van der Waals surface area (Å²) in [4.78, 5) is 19.0. The number of carboxylic acids is 1. The number of hydrogen-bond acceptors (Lipinski definition) is 5. The first kappa shape index (κ1) is 30.5. The average Bonchev–Trinajstić information content (AvgIpc) is 3.25. The van der Waals surface area contributed by atoms with Crippen LogP contribution in [-0.2, 0) is 18.0 Å². The molecule has 0 radical (unpaired) electrons. The van der Waals surface area contributed by atoms with Crippen molar-refractivity contribution in [2.45, 2.75) is 70.7 Å². The van der Waals surface area contributed by atoms with Crippen molar-refractivity contribution < 1.29 is 23.8 Å². The lowest BCUT2D eigenvalue weighted by molar-refractivity contribution is 0.0606. The van der Waals surface area contributed by atoms with Gasteiger partial charge in [-0.3, -0.25) is 9.47 Å². The molecule has 1 saturated heterocycles. The van der Waals surface area contributed by atoms with E-state index in [1.165, 1.54) is 6.07 Å². The molecule has 2 aliphatic heterocycles. The highest BCUT2D eigenvalue weighted by Gasteiger charge is 2.29. The number of nitrogens with zero attached hydrogens (tertiary/aromatic N) is 3. The summed E-state index contributed by atoms with van der Waals surface area (Å²) in [5, 5.41) is 10.2. The highest BCUT2D eigenvalue weighted by molar-refractivity contribution is 6.76. The minimum absolute atomic E-state index is 0.190. The number of para-hydroxylation sites is 1. The number of likely N-dealkylation sites (tertiary alicyclic amines) is 1. The van der Waals surface area contributed by atoms with Crippen LogP contribution in [0.3, 0.4) is 0 Å². The van der Waals surface area contributed by atoms with Crippen molar-refractivity contribution in [3.63, 3.8) is 0 Å². The van der Waals surface area contributed by atoms with Crippen LogP contribution in [0.4, 0.5) is 4.39 Å². The number of ether oxygens (including phenoxy) is 2. The van der Waals surface area contributed by atoms with Crippen molar-refractivity contribution in [3.05, 3.63) is 87.2 Å². The zero-order chi connectivity index (χ0) is 30.0. The predicted octanol–water partition coefficient (Wildman–Crippen LogP) is 7.52. The monoisotopic (exact) mass is 611 g/mol. The number of rotatable bonds is 10. The van der Waals surface area contributed by atoms with Gasteiger partial charge in [-0.2, -0.15) is 0 Å². The maximum Gasteiger partial charge on any atom is 0.354 e. The summed E-state index contributed by atoms with van der Waals surface area (Å²) in [5.74, 6) is 0.450. The molecule has 0 saturated carbocycles. The maximum atomic E-state index is 14.7. The molecule has 224 valence electrons. The van der Waals surface area contributed by atoms with Gasteiger partial charge in [-0.1, -0.05) is 61.6 Å². The Kier molecular flexibility index (Phi) is 9.22. The second-order valence-electron chi connectivity index (χ2n) is 12.4. The van der Waals surface area contributed by atoms with E-state index in [0.29, 0.717) is 35.3 Å². The molecule has 10 heteroatoms. The van der Waals surface area contributed by atoms with Crippen LogP contribution in [0.2, 0.25) is 30.7 Å². The third kappa shape index (κ3) is 6.97. The third-order valence-electron chi connectivity index (χ3n) is 8.07. The van der Waals surface area contributed by atoms with Gasteiger partial charge in [0.1, 0.15) is 30.2 Å². The number of carbonyl (C=O) groups is 1. The Morgan fingerprint density at radius 2 is 1.95 bits per heavy atom. The molecule has 0 spiro atoms. The molecule has 2 aromatic carbocycles. The van der Waals surface area contributed by atoms with Crippen LogP contribution >= 0.6 is 11.6 Å². The van der Waals surface area contributed by atoms with E-state index in [1.54, 1.807) is 23.6 Å². The fourth-order valence-corrected chi connectivity index (χ4v) is 6.63. The van der Waals surface area contributed by atoms with Gasteiger partial charge in [-0.05, 0) is 68.6 Å². The highest BCUT2D eigenvalue weighted by atomic mass is 35.5. The molecule has 0 bridgehead atoms. The van der Waals surface area contributed by atoms with Crippen LogP contribution < -0.4 is 4.74 Å². The fraction of sp³-hybridized carbons (Fsp3) is 0.438. The first-order valence-electron chi connectivity index (χ1n) is 14.5. The van der Waals surface area contributed by atoms with Gasteiger partial charge >= 0.3 is 5.97 Å². The largest absolute Gasteiger partial charge is 0.481 e. The molecule has 3 aromatic rings.